The SMILES string of the molecule is CN1CCN(c2ccc(NC(=O)COc3ccc(Oc4ccccc4)cc3)c(C(F)(F)F)c2)CC1. The summed E-state index contributed by atoms with van der Waals surface area (Å²) in [6.07, 6.45) is -4.61. The number of hydrogen-bond donors (Lipinski definition) is 1. The summed E-state index contributed by atoms with van der Waals surface area (Å²) in [5, 5.41) is 2.33. The molecule has 3 aromatic rings. The number of alkyl halides is 3. The Morgan fingerprint density at radius 3 is 2.17 bits per heavy atom. The number of nitrogens with one attached hydrogen (secondary N) is 1. The van der Waals surface area contributed by atoms with Gasteiger partial charge in [-0.25, -0.2) is 0 Å². The highest BCUT2D eigenvalue weighted by Gasteiger charge is 2.35. The van der Waals surface area contributed by atoms with E-state index in [1.165, 1.54) is 6.07 Å². The molecule has 1 N–H and O–H groups in total. The maximum absolute atomic E-state index is 13.7. The largest absolute Gasteiger partial charge is 0.484 e. The number of anilines is 2. The third kappa shape index (κ3) is 6.66. The van der Waals surface area contributed by atoms with E-state index in [0.717, 1.165) is 19.2 Å². The summed E-state index contributed by atoms with van der Waals surface area (Å²) >= 11 is 0. The molecular formula is C26H26F3N3O3. The summed E-state index contributed by atoms with van der Waals surface area (Å²) in [7, 11) is 1.98. The molecule has 0 spiro atoms. The maximum Gasteiger partial charge on any atom is 0.418 e. The Balaban J connectivity index is 1.36. The van der Waals surface area contributed by atoms with Crippen LogP contribution in [0.5, 0.6) is 17.2 Å². The molecular weight excluding hydrogens is 459 g/mol. The van der Waals surface area contributed by atoms with Crippen molar-refractivity contribution < 1.29 is 27.4 Å². The molecule has 3 aromatic carbocycles. The lowest BCUT2D eigenvalue weighted by Crippen LogP contribution is -2.44. The van der Waals surface area contributed by atoms with Crippen LogP contribution in [0.4, 0.5) is 24.5 Å². The van der Waals surface area contributed by atoms with Crippen LogP contribution in [-0.2, 0) is 11.0 Å². The molecule has 9 heteroatoms. The summed E-state index contributed by atoms with van der Waals surface area (Å²) in [5.74, 6) is 0.970. The van der Waals surface area contributed by atoms with Crippen LogP contribution in [0.3, 0.4) is 0 Å². The van der Waals surface area contributed by atoms with Gasteiger partial charge in [0.1, 0.15) is 17.2 Å². The van der Waals surface area contributed by atoms with E-state index >= 15 is 0 Å². The van der Waals surface area contributed by atoms with Gasteiger partial charge in [0, 0.05) is 31.9 Å². The predicted molar refractivity (Wildman–Crippen MR) is 128 cm³/mol. The van der Waals surface area contributed by atoms with Crippen molar-refractivity contribution >= 4 is 17.3 Å². The van der Waals surface area contributed by atoms with Gasteiger partial charge in [0.05, 0.1) is 11.3 Å². The summed E-state index contributed by atoms with van der Waals surface area (Å²) < 4.78 is 52.3. The number of likely N-dealkylation sites (N-methyl/N-ethyl adjacent to an activating group) is 1. The lowest BCUT2D eigenvalue weighted by Gasteiger charge is -2.34. The smallest absolute Gasteiger partial charge is 0.418 e. The minimum Gasteiger partial charge on any atom is -0.484 e. The molecule has 1 aliphatic rings. The molecule has 0 atom stereocenters. The molecule has 184 valence electrons. The number of hydrogen-bond acceptors (Lipinski definition) is 5. The number of piperazine rings is 1. The second-order valence-corrected chi connectivity index (χ2v) is 8.24. The molecule has 0 aromatic heterocycles. The zero-order chi connectivity index (χ0) is 24.8. The van der Waals surface area contributed by atoms with Gasteiger partial charge in [-0.2, -0.15) is 13.2 Å². The molecule has 1 aliphatic heterocycles. The normalized spacial score (nSPS) is 14.5. The van der Waals surface area contributed by atoms with E-state index in [1.54, 1.807) is 30.3 Å². The quantitative estimate of drug-likeness (QED) is 0.494. The summed E-state index contributed by atoms with van der Waals surface area (Å²) in [6, 6.07) is 19.8. The van der Waals surface area contributed by atoms with Gasteiger partial charge in [-0.05, 0) is 61.6 Å². The highest BCUT2D eigenvalue weighted by atomic mass is 19.4. The summed E-state index contributed by atoms with van der Waals surface area (Å²) in [6.45, 7) is 2.40. The van der Waals surface area contributed by atoms with E-state index in [-0.39, 0.29) is 5.69 Å². The lowest BCUT2D eigenvalue weighted by atomic mass is 10.1. The average Bonchev–Trinajstić information content (AvgIpc) is 2.84. The number of amides is 1. The first-order chi connectivity index (χ1) is 16.8. The molecule has 0 radical (unpaired) electrons. The minimum absolute atomic E-state index is 0.296. The van der Waals surface area contributed by atoms with E-state index in [2.05, 4.69) is 10.2 Å². The van der Waals surface area contributed by atoms with Crippen molar-refractivity contribution in [3.05, 3.63) is 78.4 Å². The average molecular weight is 486 g/mol. The van der Waals surface area contributed by atoms with Gasteiger partial charge in [0.15, 0.2) is 6.61 Å². The van der Waals surface area contributed by atoms with Crippen LogP contribution in [0.15, 0.2) is 72.8 Å². The molecule has 1 saturated heterocycles. The molecule has 1 amide bonds. The fourth-order valence-electron chi connectivity index (χ4n) is 3.70. The van der Waals surface area contributed by atoms with Crippen LogP contribution in [0.1, 0.15) is 5.56 Å². The molecule has 0 unspecified atom stereocenters. The van der Waals surface area contributed by atoms with E-state index < -0.39 is 24.3 Å². The van der Waals surface area contributed by atoms with Crippen molar-refractivity contribution in [2.75, 3.05) is 50.1 Å². The van der Waals surface area contributed by atoms with Crippen molar-refractivity contribution in [1.82, 2.24) is 4.90 Å². The first-order valence-electron chi connectivity index (χ1n) is 11.2. The fraction of sp³-hybridized carbons (Fsp3) is 0.269. The number of halogens is 3. The Kier molecular flexibility index (Phi) is 7.45. The Hall–Kier alpha value is -3.72. The summed E-state index contributed by atoms with van der Waals surface area (Å²) in [4.78, 5) is 16.4. The van der Waals surface area contributed by atoms with E-state index in [1.807, 2.05) is 42.3 Å². The highest BCUT2D eigenvalue weighted by Crippen LogP contribution is 2.37. The Labute approximate surface area is 201 Å². The molecule has 35 heavy (non-hydrogen) atoms. The fourth-order valence-corrected chi connectivity index (χ4v) is 3.70. The van der Waals surface area contributed by atoms with Gasteiger partial charge in [-0.15, -0.1) is 0 Å². The molecule has 0 bridgehead atoms. The minimum atomic E-state index is -4.61. The van der Waals surface area contributed by atoms with Crippen LogP contribution in [0.25, 0.3) is 0 Å². The van der Waals surface area contributed by atoms with Crippen LogP contribution in [-0.4, -0.2) is 50.6 Å². The van der Waals surface area contributed by atoms with Gasteiger partial charge >= 0.3 is 6.18 Å². The van der Waals surface area contributed by atoms with E-state index in [4.69, 9.17) is 9.47 Å². The van der Waals surface area contributed by atoms with Crippen LogP contribution in [0, 0.1) is 0 Å². The van der Waals surface area contributed by atoms with Crippen LogP contribution in [0.2, 0.25) is 0 Å². The Bertz CT molecular complexity index is 1130. The number of para-hydroxylation sites is 1. The summed E-state index contributed by atoms with van der Waals surface area (Å²) in [5.41, 5.74) is -0.697. The van der Waals surface area contributed by atoms with Gasteiger partial charge in [-0.1, -0.05) is 18.2 Å². The van der Waals surface area contributed by atoms with Gasteiger partial charge in [0.25, 0.3) is 5.91 Å². The molecule has 0 aliphatic carbocycles. The molecule has 6 nitrogen and oxygen atoms in total. The standard InChI is InChI=1S/C26H26F3N3O3/c1-31-13-15-32(16-14-31)19-7-12-24(23(17-19)26(27,28)29)30-25(33)18-34-20-8-10-22(11-9-20)35-21-5-3-2-4-6-21/h2-12,17H,13-16,18H2,1H3,(H,30,33). The van der Waals surface area contributed by atoms with Crippen molar-refractivity contribution in [2.24, 2.45) is 0 Å². The second kappa shape index (κ2) is 10.7. The maximum atomic E-state index is 13.7. The third-order valence-corrected chi connectivity index (χ3v) is 5.62. The molecule has 1 heterocycles. The topological polar surface area (TPSA) is 54.0 Å². The number of carbonyl (C=O) groups excluding carboxylic acids is 1. The number of rotatable bonds is 7. The third-order valence-electron chi connectivity index (χ3n) is 5.62. The van der Waals surface area contributed by atoms with Gasteiger partial charge < -0.3 is 24.6 Å². The van der Waals surface area contributed by atoms with E-state index in [9.17, 15) is 18.0 Å². The highest BCUT2D eigenvalue weighted by molar-refractivity contribution is 5.93. The predicted octanol–water partition coefficient (Wildman–Crippen LogP) is 5.27. The lowest BCUT2D eigenvalue weighted by molar-refractivity contribution is -0.137. The van der Waals surface area contributed by atoms with Crippen molar-refractivity contribution in [3.8, 4) is 17.2 Å². The van der Waals surface area contributed by atoms with Gasteiger partial charge in [0.2, 0.25) is 0 Å². The zero-order valence-corrected chi connectivity index (χ0v) is 19.2. The number of nitrogens with zero attached hydrogens (tertiary/aromatic N) is 2. The van der Waals surface area contributed by atoms with Crippen molar-refractivity contribution in [3.63, 3.8) is 0 Å². The van der Waals surface area contributed by atoms with E-state index in [0.29, 0.717) is 36.0 Å². The second-order valence-electron chi connectivity index (χ2n) is 8.24. The van der Waals surface area contributed by atoms with Crippen molar-refractivity contribution in [2.45, 2.75) is 6.18 Å². The van der Waals surface area contributed by atoms with Crippen molar-refractivity contribution in [1.29, 1.82) is 0 Å². The first kappa shape index (κ1) is 24.4. The number of ether oxygens (including phenoxy) is 2. The zero-order valence-electron chi connectivity index (χ0n) is 19.2. The number of carbonyl (C=O) groups is 1. The van der Waals surface area contributed by atoms with Crippen LogP contribution >= 0.6 is 0 Å². The molecule has 0 saturated carbocycles. The Morgan fingerprint density at radius 1 is 0.886 bits per heavy atom. The van der Waals surface area contributed by atoms with Crippen LogP contribution < -0.4 is 19.7 Å². The molecule has 1 fully saturated rings. The Morgan fingerprint density at radius 2 is 1.51 bits per heavy atom. The first-order valence-corrected chi connectivity index (χ1v) is 11.2. The monoisotopic (exact) mass is 485 g/mol. The van der Waals surface area contributed by atoms with Gasteiger partial charge in [-0.3, -0.25) is 4.79 Å². The number of benzene rings is 3. The molecule has 4 rings (SSSR count).